The number of hydrogen-bond acceptors (Lipinski definition) is 3. The quantitative estimate of drug-likeness (QED) is 0.783. The first-order chi connectivity index (χ1) is 8.95. The molecule has 0 saturated carbocycles. The molecular formula is C16H18O2S. The minimum atomic E-state index is 0.0927. The lowest BCUT2D eigenvalue weighted by Crippen LogP contribution is -2.07. The third-order valence-corrected chi connectivity index (χ3v) is 4.54. The molecule has 0 aliphatic carbocycles. The van der Waals surface area contributed by atoms with Crippen molar-refractivity contribution in [1.29, 1.82) is 0 Å². The maximum Gasteiger partial charge on any atom is 0.203 e. The van der Waals surface area contributed by atoms with E-state index in [0.29, 0.717) is 0 Å². The molecule has 1 heterocycles. The normalized spacial score (nSPS) is 10.6. The zero-order valence-electron chi connectivity index (χ0n) is 12.0. The molecule has 19 heavy (non-hydrogen) atoms. The van der Waals surface area contributed by atoms with E-state index < -0.39 is 0 Å². The molecule has 0 spiro atoms. The van der Waals surface area contributed by atoms with Crippen molar-refractivity contribution in [2.45, 2.75) is 27.7 Å². The molecule has 2 aromatic rings. The van der Waals surface area contributed by atoms with Gasteiger partial charge in [-0.05, 0) is 49.9 Å². The van der Waals surface area contributed by atoms with Gasteiger partial charge in [-0.25, -0.2) is 0 Å². The fourth-order valence-electron chi connectivity index (χ4n) is 2.23. The van der Waals surface area contributed by atoms with E-state index in [2.05, 4.69) is 6.07 Å². The Balaban J connectivity index is 2.55. The molecule has 0 radical (unpaired) electrons. The molecule has 0 atom stereocenters. The highest BCUT2D eigenvalue weighted by molar-refractivity contribution is 7.12. The first-order valence-corrected chi connectivity index (χ1v) is 7.08. The van der Waals surface area contributed by atoms with Crippen molar-refractivity contribution in [3.8, 4) is 5.75 Å². The van der Waals surface area contributed by atoms with Crippen molar-refractivity contribution in [3.63, 3.8) is 0 Å². The van der Waals surface area contributed by atoms with Crippen LogP contribution in [-0.4, -0.2) is 12.9 Å². The molecule has 2 rings (SSSR count). The van der Waals surface area contributed by atoms with E-state index in [4.69, 9.17) is 4.74 Å². The summed E-state index contributed by atoms with van der Waals surface area (Å²) in [4.78, 5) is 13.4. The van der Waals surface area contributed by atoms with Gasteiger partial charge in [0.05, 0.1) is 12.0 Å². The summed E-state index contributed by atoms with van der Waals surface area (Å²) in [5.41, 5.74) is 5.30. The molecule has 0 amide bonds. The first-order valence-electron chi connectivity index (χ1n) is 6.20. The van der Waals surface area contributed by atoms with Crippen molar-refractivity contribution < 1.29 is 9.53 Å². The molecule has 0 saturated heterocycles. The fraction of sp³-hybridized carbons (Fsp3) is 0.312. The second-order valence-corrected chi connectivity index (χ2v) is 5.73. The Bertz CT molecular complexity index is 612. The van der Waals surface area contributed by atoms with Crippen LogP contribution >= 0.6 is 11.3 Å². The summed E-state index contributed by atoms with van der Waals surface area (Å²) < 4.78 is 5.15. The summed E-state index contributed by atoms with van der Waals surface area (Å²) in [6.45, 7) is 8.13. The summed E-state index contributed by atoms with van der Waals surface area (Å²) in [6.07, 6.45) is 0. The lowest BCUT2D eigenvalue weighted by atomic mass is 9.91. The van der Waals surface area contributed by atoms with Crippen LogP contribution in [0.1, 0.15) is 37.5 Å². The highest BCUT2D eigenvalue weighted by atomic mass is 32.1. The van der Waals surface area contributed by atoms with Crippen molar-refractivity contribution in [1.82, 2.24) is 0 Å². The molecule has 2 nitrogen and oxygen atoms in total. The van der Waals surface area contributed by atoms with Crippen LogP contribution in [0.15, 0.2) is 17.5 Å². The predicted octanol–water partition coefficient (Wildman–Crippen LogP) is 4.22. The Morgan fingerprint density at radius 2 is 1.63 bits per heavy atom. The Labute approximate surface area is 118 Å². The minimum Gasteiger partial charge on any atom is -0.496 e. The van der Waals surface area contributed by atoms with E-state index in [9.17, 15) is 4.79 Å². The predicted molar refractivity (Wildman–Crippen MR) is 79.7 cm³/mol. The van der Waals surface area contributed by atoms with Gasteiger partial charge in [-0.15, -0.1) is 11.3 Å². The number of carbonyl (C=O) groups is 1. The number of methoxy groups -OCH3 is 1. The maximum atomic E-state index is 12.7. The highest BCUT2D eigenvalue weighted by Gasteiger charge is 2.19. The Morgan fingerprint density at radius 3 is 2.11 bits per heavy atom. The van der Waals surface area contributed by atoms with Crippen molar-refractivity contribution in [3.05, 3.63) is 50.2 Å². The van der Waals surface area contributed by atoms with E-state index in [1.54, 1.807) is 7.11 Å². The first kappa shape index (κ1) is 13.8. The largest absolute Gasteiger partial charge is 0.496 e. The van der Waals surface area contributed by atoms with Crippen LogP contribution in [0.4, 0.5) is 0 Å². The number of ether oxygens (including phenoxy) is 1. The van der Waals surface area contributed by atoms with Gasteiger partial charge in [0.25, 0.3) is 0 Å². The van der Waals surface area contributed by atoms with Gasteiger partial charge in [-0.3, -0.25) is 4.79 Å². The molecule has 100 valence electrons. The van der Waals surface area contributed by atoms with Gasteiger partial charge in [0, 0.05) is 17.0 Å². The fourth-order valence-corrected chi connectivity index (χ4v) is 3.03. The SMILES string of the molecule is COc1csc(C(=O)c2c(C)c(C)cc(C)c2C)c1. The lowest BCUT2D eigenvalue weighted by Gasteiger charge is -2.13. The van der Waals surface area contributed by atoms with Crippen LogP contribution in [0.3, 0.4) is 0 Å². The summed E-state index contributed by atoms with van der Waals surface area (Å²) in [5, 5.41) is 1.86. The van der Waals surface area contributed by atoms with E-state index >= 15 is 0 Å². The van der Waals surface area contributed by atoms with Crippen molar-refractivity contribution >= 4 is 17.1 Å². The molecule has 0 bridgehead atoms. The average molecular weight is 274 g/mol. The van der Waals surface area contributed by atoms with Gasteiger partial charge in [0.1, 0.15) is 5.75 Å². The topological polar surface area (TPSA) is 26.3 Å². The summed E-state index contributed by atoms with van der Waals surface area (Å²) in [5.74, 6) is 0.836. The molecular weight excluding hydrogens is 256 g/mol. The van der Waals surface area contributed by atoms with Crippen LogP contribution in [0.2, 0.25) is 0 Å². The highest BCUT2D eigenvalue weighted by Crippen LogP contribution is 2.28. The Kier molecular flexibility index (Phi) is 3.76. The van der Waals surface area contributed by atoms with E-state index in [1.807, 2.05) is 39.1 Å². The number of thiophene rings is 1. The zero-order chi connectivity index (χ0) is 14.2. The van der Waals surface area contributed by atoms with E-state index in [-0.39, 0.29) is 5.78 Å². The number of hydrogen-bond donors (Lipinski definition) is 0. The third-order valence-electron chi connectivity index (χ3n) is 3.63. The minimum absolute atomic E-state index is 0.0927. The summed E-state index contributed by atoms with van der Waals surface area (Å²) in [6, 6.07) is 3.94. The van der Waals surface area contributed by atoms with Gasteiger partial charge in [-0.1, -0.05) is 6.07 Å². The molecule has 0 aliphatic rings. The second-order valence-electron chi connectivity index (χ2n) is 4.82. The van der Waals surface area contributed by atoms with E-state index in [1.165, 1.54) is 11.3 Å². The smallest absolute Gasteiger partial charge is 0.203 e. The number of aryl methyl sites for hydroxylation is 2. The van der Waals surface area contributed by atoms with Gasteiger partial charge in [0.15, 0.2) is 0 Å². The Hall–Kier alpha value is -1.61. The molecule has 0 fully saturated rings. The van der Waals surface area contributed by atoms with Crippen molar-refractivity contribution in [2.24, 2.45) is 0 Å². The molecule has 1 aromatic carbocycles. The summed E-state index contributed by atoms with van der Waals surface area (Å²) in [7, 11) is 1.61. The van der Waals surface area contributed by atoms with Crippen LogP contribution < -0.4 is 4.74 Å². The molecule has 1 aromatic heterocycles. The van der Waals surface area contributed by atoms with Crippen LogP contribution in [-0.2, 0) is 0 Å². The third kappa shape index (κ3) is 2.43. The van der Waals surface area contributed by atoms with Crippen LogP contribution in [0.25, 0.3) is 0 Å². The van der Waals surface area contributed by atoms with Gasteiger partial charge < -0.3 is 4.74 Å². The van der Waals surface area contributed by atoms with Gasteiger partial charge in [-0.2, -0.15) is 0 Å². The standard InChI is InChI=1S/C16H18O2S/c1-9-6-10(2)12(4)15(11(9)3)16(17)14-7-13(18-5)8-19-14/h6-8H,1-5H3. The Morgan fingerprint density at radius 1 is 1.05 bits per heavy atom. The summed E-state index contributed by atoms with van der Waals surface area (Å²) >= 11 is 1.43. The monoisotopic (exact) mass is 274 g/mol. The molecule has 0 N–H and O–H groups in total. The number of ketones is 1. The maximum absolute atomic E-state index is 12.7. The average Bonchev–Trinajstić information content (AvgIpc) is 2.85. The number of benzene rings is 1. The molecule has 0 unspecified atom stereocenters. The molecule has 3 heteroatoms. The van der Waals surface area contributed by atoms with E-state index in [0.717, 1.165) is 38.4 Å². The number of carbonyl (C=O) groups excluding carboxylic acids is 1. The van der Waals surface area contributed by atoms with Crippen molar-refractivity contribution in [2.75, 3.05) is 7.11 Å². The number of rotatable bonds is 3. The van der Waals surface area contributed by atoms with Crippen LogP contribution in [0, 0.1) is 27.7 Å². The second kappa shape index (κ2) is 5.17. The zero-order valence-corrected chi connectivity index (χ0v) is 12.8. The van der Waals surface area contributed by atoms with Gasteiger partial charge >= 0.3 is 0 Å². The molecule has 0 aliphatic heterocycles. The lowest BCUT2D eigenvalue weighted by molar-refractivity contribution is 0.104. The van der Waals surface area contributed by atoms with Crippen LogP contribution in [0.5, 0.6) is 5.75 Å². The van der Waals surface area contributed by atoms with Gasteiger partial charge in [0.2, 0.25) is 5.78 Å².